The molecule has 0 aromatic rings. The zero-order chi connectivity index (χ0) is 26.7. The average Bonchev–Trinajstić information content (AvgIpc) is 2.83. The fraction of sp³-hybridized carbons (Fsp3) is 0.852. The highest BCUT2D eigenvalue weighted by Gasteiger charge is 2.03. The molecule has 9 heteroatoms. The summed E-state index contributed by atoms with van der Waals surface area (Å²) in [5.41, 5.74) is 0. The second-order valence-electron chi connectivity index (χ2n) is 9.26. The monoisotopic (exact) mass is 514 g/mol. The van der Waals surface area contributed by atoms with Crippen LogP contribution in [-0.2, 0) is 28.7 Å². The maximum atomic E-state index is 11.8. The molecule has 0 aliphatic carbocycles. The van der Waals surface area contributed by atoms with Gasteiger partial charge >= 0.3 is 5.97 Å². The van der Waals surface area contributed by atoms with Gasteiger partial charge in [0.05, 0.1) is 0 Å². The minimum Gasteiger partial charge on any atom is -0.481 e. The normalized spacial score (nSPS) is 10.8. The second-order valence-corrected chi connectivity index (χ2v) is 9.26. The molecule has 2 amide bonds. The third-order valence-corrected chi connectivity index (χ3v) is 5.65. The Bertz CT molecular complexity index is 584. The van der Waals surface area contributed by atoms with E-state index in [1.165, 1.54) is 6.92 Å². The molecule has 0 aromatic heterocycles. The largest absolute Gasteiger partial charge is 0.481 e. The molecule has 0 bridgehead atoms. The first-order chi connectivity index (χ1) is 17.4. The maximum Gasteiger partial charge on any atom is 0.303 e. The molecule has 0 aromatic carbocycles. The van der Waals surface area contributed by atoms with Crippen LogP contribution < -0.4 is 10.6 Å². The summed E-state index contributed by atoms with van der Waals surface area (Å²) in [5, 5.41) is 14.3. The molecule has 9 nitrogen and oxygen atoms in total. The third kappa shape index (κ3) is 28.2. The van der Waals surface area contributed by atoms with Crippen molar-refractivity contribution < 1.29 is 33.8 Å². The molecule has 0 heterocycles. The van der Waals surface area contributed by atoms with Gasteiger partial charge in [-0.05, 0) is 45.4 Å². The topological polar surface area (TPSA) is 131 Å². The van der Waals surface area contributed by atoms with Gasteiger partial charge in [-0.3, -0.25) is 14.4 Å². The molecule has 0 rings (SSSR count). The summed E-state index contributed by atoms with van der Waals surface area (Å²) in [6.45, 7) is 5.28. The Morgan fingerprint density at radius 1 is 0.528 bits per heavy atom. The van der Waals surface area contributed by atoms with E-state index in [2.05, 4.69) is 10.6 Å². The van der Waals surface area contributed by atoms with Gasteiger partial charge in [0.25, 0.3) is 0 Å². The van der Waals surface area contributed by atoms with E-state index in [9.17, 15) is 19.2 Å². The standard InChI is InChI=1S/C27H50N2O7/c1-24(30)16-17-26(32)29-19-13-23-36-21-11-10-20-35-22-12-18-28-25(31)14-8-6-4-2-3-5-7-9-15-27(33)34/h2-23H2,1H3,(H,28,31)(H,29,32)(H,33,34). The lowest BCUT2D eigenvalue weighted by Gasteiger charge is -2.07. The molecule has 0 radical (unpaired) electrons. The molecule has 3 N–H and O–H groups in total. The lowest BCUT2D eigenvalue weighted by Crippen LogP contribution is -2.25. The van der Waals surface area contributed by atoms with Gasteiger partial charge in [0.1, 0.15) is 5.78 Å². The molecule has 0 saturated carbocycles. The number of nitrogens with one attached hydrogen (secondary N) is 2. The molecular formula is C27H50N2O7. The van der Waals surface area contributed by atoms with Crippen LogP contribution >= 0.6 is 0 Å². The number of ether oxygens (including phenoxy) is 2. The zero-order valence-electron chi connectivity index (χ0n) is 22.5. The summed E-state index contributed by atoms with van der Waals surface area (Å²) in [6, 6.07) is 0. The number of amides is 2. The van der Waals surface area contributed by atoms with Crippen LogP contribution in [0.3, 0.4) is 0 Å². The number of carbonyl (C=O) groups is 4. The Morgan fingerprint density at radius 3 is 1.42 bits per heavy atom. The van der Waals surface area contributed by atoms with Crippen LogP contribution in [0.2, 0.25) is 0 Å². The van der Waals surface area contributed by atoms with Crippen molar-refractivity contribution in [3.05, 3.63) is 0 Å². The molecule has 0 aliphatic rings. The average molecular weight is 515 g/mol. The Hall–Kier alpha value is -2.00. The van der Waals surface area contributed by atoms with Gasteiger partial charge < -0.3 is 30.0 Å². The summed E-state index contributed by atoms with van der Waals surface area (Å²) in [6.07, 6.45) is 13.1. The smallest absolute Gasteiger partial charge is 0.303 e. The number of carboxylic acids is 1. The van der Waals surface area contributed by atoms with Crippen LogP contribution in [-0.4, -0.2) is 68.2 Å². The quantitative estimate of drug-likeness (QED) is 0.140. The molecule has 0 aliphatic heterocycles. The fourth-order valence-corrected chi connectivity index (χ4v) is 3.51. The Kier molecular flexibility index (Phi) is 24.6. The first kappa shape index (κ1) is 34.0. The van der Waals surface area contributed by atoms with Gasteiger partial charge in [-0.2, -0.15) is 0 Å². The summed E-state index contributed by atoms with van der Waals surface area (Å²) in [4.78, 5) is 44.5. The van der Waals surface area contributed by atoms with Crippen LogP contribution in [0.25, 0.3) is 0 Å². The lowest BCUT2D eigenvalue weighted by molar-refractivity contribution is -0.137. The number of Topliss-reactive ketones (excluding diaryl/α,β-unsaturated/α-hetero) is 1. The zero-order valence-corrected chi connectivity index (χ0v) is 22.5. The highest BCUT2D eigenvalue weighted by molar-refractivity contribution is 5.83. The van der Waals surface area contributed by atoms with Crippen molar-refractivity contribution in [2.24, 2.45) is 0 Å². The van der Waals surface area contributed by atoms with Gasteiger partial charge in [0.15, 0.2) is 0 Å². The van der Waals surface area contributed by atoms with Crippen molar-refractivity contribution in [2.75, 3.05) is 39.5 Å². The van der Waals surface area contributed by atoms with Gasteiger partial charge in [-0.1, -0.05) is 38.5 Å². The Morgan fingerprint density at radius 2 is 0.944 bits per heavy atom. The molecule has 0 saturated heterocycles. The second kappa shape index (κ2) is 26.1. The molecule has 210 valence electrons. The highest BCUT2D eigenvalue weighted by atomic mass is 16.5. The van der Waals surface area contributed by atoms with Crippen molar-refractivity contribution in [3.8, 4) is 0 Å². The number of hydrogen-bond donors (Lipinski definition) is 3. The minimum absolute atomic E-state index is 0.0263. The van der Waals surface area contributed by atoms with Gasteiger partial charge in [0.2, 0.25) is 11.8 Å². The van der Waals surface area contributed by atoms with Crippen molar-refractivity contribution >= 4 is 23.6 Å². The number of unbranched alkanes of at least 4 members (excludes halogenated alkanes) is 8. The lowest BCUT2D eigenvalue weighted by atomic mass is 10.1. The summed E-state index contributed by atoms with van der Waals surface area (Å²) >= 11 is 0. The molecule has 0 spiro atoms. The van der Waals surface area contributed by atoms with Crippen LogP contribution in [0, 0.1) is 0 Å². The van der Waals surface area contributed by atoms with Crippen LogP contribution in [0.4, 0.5) is 0 Å². The van der Waals surface area contributed by atoms with E-state index < -0.39 is 5.97 Å². The van der Waals surface area contributed by atoms with Gasteiger partial charge in [0, 0.05) is 65.2 Å². The first-order valence-electron chi connectivity index (χ1n) is 13.8. The first-order valence-corrected chi connectivity index (χ1v) is 13.8. The Balaban J connectivity index is 3.22. The minimum atomic E-state index is -0.712. The van der Waals surface area contributed by atoms with Crippen LogP contribution in [0.15, 0.2) is 0 Å². The van der Waals surface area contributed by atoms with E-state index in [0.29, 0.717) is 52.4 Å². The number of aliphatic carboxylic acids is 1. The molecule has 0 atom stereocenters. The van der Waals surface area contributed by atoms with Crippen molar-refractivity contribution in [3.63, 3.8) is 0 Å². The predicted molar refractivity (Wildman–Crippen MR) is 140 cm³/mol. The molecule has 0 fully saturated rings. The summed E-state index contributed by atoms with van der Waals surface area (Å²) in [7, 11) is 0. The number of rotatable bonds is 27. The number of carbonyl (C=O) groups excluding carboxylic acids is 3. The Labute approximate surface area is 217 Å². The molecule has 0 unspecified atom stereocenters. The van der Waals surface area contributed by atoms with E-state index in [0.717, 1.165) is 77.0 Å². The van der Waals surface area contributed by atoms with E-state index in [4.69, 9.17) is 14.6 Å². The number of hydrogen-bond acceptors (Lipinski definition) is 6. The van der Waals surface area contributed by atoms with Crippen molar-refractivity contribution in [1.82, 2.24) is 10.6 Å². The van der Waals surface area contributed by atoms with Gasteiger partial charge in [-0.25, -0.2) is 0 Å². The highest BCUT2D eigenvalue weighted by Crippen LogP contribution is 2.10. The van der Waals surface area contributed by atoms with Crippen molar-refractivity contribution in [2.45, 2.75) is 110 Å². The maximum absolute atomic E-state index is 11.8. The summed E-state index contributed by atoms with van der Waals surface area (Å²) < 4.78 is 11.1. The van der Waals surface area contributed by atoms with E-state index >= 15 is 0 Å². The number of carboxylic acid groups (broad SMARTS) is 1. The fourth-order valence-electron chi connectivity index (χ4n) is 3.51. The van der Waals surface area contributed by atoms with Gasteiger partial charge in [-0.15, -0.1) is 0 Å². The summed E-state index contributed by atoms with van der Waals surface area (Å²) in [5.74, 6) is -0.668. The molecule has 36 heavy (non-hydrogen) atoms. The van der Waals surface area contributed by atoms with E-state index in [1.807, 2.05) is 0 Å². The molecular weight excluding hydrogens is 464 g/mol. The third-order valence-electron chi connectivity index (χ3n) is 5.65. The van der Waals surface area contributed by atoms with Crippen LogP contribution in [0.5, 0.6) is 0 Å². The van der Waals surface area contributed by atoms with Crippen LogP contribution in [0.1, 0.15) is 110 Å². The SMILES string of the molecule is CC(=O)CCC(=O)NCCCOCCCCOCCCNC(=O)CCCCCCCCCCC(=O)O. The predicted octanol–water partition coefficient (Wildman–Crippen LogP) is 4.17. The van der Waals surface area contributed by atoms with E-state index in [1.54, 1.807) is 0 Å². The van der Waals surface area contributed by atoms with Crippen molar-refractivity contribution in [1.29, 1.82) is 0 Å². The number of ketones is 1. The van der Waals surface area contributed by atoms with E-state index in [-0.39, 0.29) is 30.4 Å².